The third kappa shape index (κ3) is 5.86. The number of hydrogen-bond acceptors (Lipinski definition) is 7. The molecule has 0 aliphatic rings. The molecule has 1 unspecified atom stereocenters. The van der Waals surface area contributed by atoms with Crippen LogP contribution in [0.25, 0.3) is 0 Å². The molecule has 0 saturated carbocycles. The fraction of sp³-hybridized carbons (Fsp3) is 0.292. The van der Waals surface area contributed by atoms with Crippen LogP contribution in [-0.4, -0.2) is 25.7 Å². The van der Waals surface area contributed by atoms with Gasteiger partial charge in [0.25, 0.3) is 10.9 Å². The number of methoxy groups -OCH3 is 1. The van der Waals surface area contributed by atoms with E-state index in [0.29, 0.717) is 27.9 Å². The monoisotopic (exact) mass is 490 g/mol. The van der Waals surface area contributed by atoms with Crippen LogP contribution < -0.4 is 26.2 Å². The van der Waals surface area contributed by atoms with Crippen molar-refractivity contribution in [2.24, 2.45) is 0 Å². The summed E-state index contributed by atoms with van der Waals surface area (Å²) >= 11 is 12.3. The maximum Gasteiger partial charge on any atom is 0.328 e. The highest BCUT2D eigenvalue weighted by molar-refractivity contribution is 6.35. The summed E-state index contributed by atoms with van der Waals surface area (Å²) < 4.78 is 10.7. The number of carbonyl (C=O) groups is 1. The molecule has 0 heterocycles. The van der Waals surface area contributed by atoms with Crippen molar-refractivity contribution in [1.29, 1.82) is 0 Å². The van der Waals surface area contributed by atoms with E-state index in [4.69, 9.17) is 32.7 Å². The molecular formula is C24H24Cl2N2O5. The van der Waals surface area contributed by atoms with E-state index in [1.165, 1.54) is 7.11 Å². The van der Waals surface area contributed by atoms with Crippen LogP contribution in [0.5, 0.6) is 5.75 Å². The quantitative estimate of drug-likeness (QED) is 0.307. The summed E-state index contributed by atoms with van der Waals surface area (Å²) in [7, 11) is 1.27. The van der Waals surface area contributed by atoms with Crippen molar-refractivity contribution in [3.05, 3.63) is 84.1 Å². The molecule has 7 nitrogen and oxygen atoms in total. The molecule has 0 saturated heterocycles. The van der Waals surface area contributed by atoms with E-state index in [-0.39, 0.29) is 24.4 Å². The number of esters is 1. The van der Waals surface area contributed by atoms with Gasteiger partial charge in [-0.3, -0.25) is 9.59 Å². The molecule has 3 aromatic carbocycles. The van der Waals surface area contributed by atoms with Gasteiger partial charge >= 0.3 is 5.97 Å². The number of rotatable bonds is 11. The van der Waals surface area contributed by atoms with Crippen LogP contribution in [0.2, 0.25) is 10.0 Å². The number of anilines is 2. The average molecular weight is 491 g/mol. The maximum absolute atomic E-state index is 12.3. The van der Waals surface area contributed by atoms with Crippen molar-refractivity contribution in [2.75, 3.05) is 24.3 Å². The zero-order valence-corrected chi connectivity index (χ0v) is 19.8. The first-order chi connectivity index (χ1) is 15.8. The third-order valence-electron chi connectivity index (χ3n) is 5.07. The van der Waals surface area contributed by atoms with Gasteiger partial charge in [0.2, 0.25) is 0 Å². The van der Waals surface area contributed by atoms with Crippen molar-refractivity contribution in [3.63, 3.8) is 0 Å². The Bertz CT molecular complexity index is 1170. The molecule has 2 N–H and O–H groups in total. The van der Waals surface area contributed by atoms with Crippen LogP contribution in [0.3, 0.4) is 0 Å². The Morgan fingerprint density at radius 2 is 1.64 bits per heavy atom. The molecule has 1 atom stereocenters. The minimum Gasteiger partial charge on any atom is -0.489 e. The lowest BCUT2D eigenvalue weighted by Crippen LogP contribution is -2.42. The van der Waals surface area contributed by atoms with Gasteiger partial charge in [-0.05, 0) is 36.2 Å². The number of halogens is 2. The summed E-state index contributed by atoms with van der Waals surface area (Å²) in [6, 6.07) is 11.6. The Morgan fingerprint density at radius 3 is 2.24 bits per heavy atom. The van der Waals surface area contributed by atoms with E-state index >= 15 is 0 Å². The Hall–Kier alpha value is -3.03. The molecule has 174 valence electrons. The topological polar surface area (TPSA) is 93.7 Å². The van der Waals surface area contributed by atoms with Crippen LogP contribution in [0, 0.1) is 0 Å². The third-order valence-corrected chi connectivity index (χ3v) is 5.78. The standard InChI is InChI=1S/C24H24Cl2N2O5/c1-3-11-27-20-21(23(30)22(20)29)28-19(24(31)32-2)12-14-7-9-15(10-8-14)33-13-16-17(25)5-4-6-18(16)26/h4-10,19,27-28H,3,11-13H2,1-2H3. The van der Waals surface area contributed by atoms with Crippen LogP contribution in [0.1, 0.15) is 24.5 Å². The summed E-state index contributed by atoms with van der Waals surface area (Å²) in [6.45, 7) is 2.70. The molecule has 0 aliphatic carbocycles. The first-order valence-electron chi connectivity index (χ1n) is 10.4. The predicted molar refractivity (Wildman–Crippen MR) is 131 cm³/mol. The van der Waals surface area contributed by atoms with E-state index in [1.807, 2.05) is 6.92 Å². The Labute approximate surface area is 201 Å². The smallest absolute Gasteiger partial charge is 0.328 e. The molecule has 0 aliphatic heterocycles. The Morgan fingerprint density at radius 1 is 1.00 bits per heavy atom. The van der Waals surface area contributed by atoms with Crippen molar-refractivity contribution in [1.82, 2.24) is 0 Å². The number of benzene rings is 2. The van der Waals surface area contributed by atoms with Gasteiger partial charge in [0.15, 0.2) is 0 Å². The summed E-state index contributed by atoms with van der Waals surface area (Å²) in [5.74, 6) is 0.0593. The van der Waals surface area contributed by atoms with Crippen LogP contribution >= 0.6 is 23.2 Å². The zero-order chi connectivity index (χ0) is 24.0. The molecule has 0 amide bonds. The van der Waals surface area contributed by atoms with Crippen molar-refractivity contribution < 1.29 is 14.3 Å². The van der Waals surface area contributed by atoms with Gasteiger partial charge in [0, 0.05) is 28.6 Å². The van der Waals surface area contributed by atoms with E-state index in [2.05, 4.69) is 10.6 Å². The average Bonchev–Trinajstić information content (AvgIpc) is 2.82. The van der Waals surface area contributed by atoms with E-state index in [0.717, 1.165) is 12.0 Å². The molecule has 3 rings (SSSR count). The molecule has 3 aromatic rings. The molecule has 0 bridgehead atoms. The molecule has 0 spiro atoms. The Balaban J connectivity index is 1.68. The SMILES string of the molecule is CCCNc1c(NC(Cc2ccc(OCc3c(Cl)cccc3Cl)cc2)C(=O)OC)c(=O)c1=O. The van der Waals surface area contributed by atoms with Gasteiger partial charge in [0.1, 0.15) is 29.8 Å². The first kappa shape index (κ1) is 24.6. The van der Waals surface area contributed by atoms with Gasteiger partial charge in [0.05, 0.1) is 7.11 Å². The molecule has 9 heteroatoms. The van der Waals surface area contributed by atoms with Crippen LogP contribution in [0.15, 0.2) is 52.1 Å². The van der Waals surface area contributed by atoms with Crippen LogP contribution in [-0.2, 0) is 22.6 Å². The van der Waals surface area contributed by atoms with Crippen molar-refractivity contribution >= 4 is 40.5 Å². The number of nitrogens with one attached hydrogen (secondary N) is 2. The second-order valence-electron chi connectivity index (χ2n) is 7.39. The fourth-order valence-corrected chi connectivity index (χ4v) is 3.75. The van der Waals surface area contributed by atoms with Gasteiger partial charge in [-0.2, -0.15) is 0 Å². The lowest BCUT2D eigenvalue weighted by Gasteiger charge is -2.21. The summed E-state index contributed by atoms with van der Waals surface area (Å²) in [5, 5.41) is 6.85. The zero-order valence-electron chi connectivity index (χ0n) is 18.2. The predicted octanol–water partition coefficient (Wildman–Crippen LogP) is 4.19. The number of hydrogen-bond donors (Lipinski definition) is 2. The van der Waals surface area contributed by atoms with Gasteiger partial charge in [-0.1, -0.05) is 48.3 Å². The first-order valence-corrected chi connectivity index (χ1v) is 11.2. The molecular weight excluding hydrogens is 467 g/mol. The number of ether oxygens (including phenoxy) is 2. The normalized spacial score (nSPS) is 11.8. The van der Waals surface area contributed by atoms with E-state index < -0.39 is 22.9 Å². The molecule has 0 fully saturated rings. The molecule has 33 heavy (non-hydrogen) atoms. The van der Waals surface area contributed by atoms with Gasteiger partial charge < -0.3 is 20.1 Å². The van der Waals surface area contributed by atoms with E-state index in [9.17, 15) is 14.4 Å². The Kier molecular flexibility index (Phi) is 8.36. The maximum atomic E-state index is 12.3. The van der Waals surface area contributed by atoms with Crippen molar-refractivity contribution in [3.8, 4) is 5.75 Å². The lowest BCUT2D eigenvalue weighted by molar-refractivity contribution is -0.141. The highest BCUT2D eigenvalue weighted by Crippen LogP contribution is 2.26. The largest absolute Gasteiger partial charge is 0.489 e. The van der Waals surface area contributed by atoms with Crippen LogP contribution in [0.4, 0.5) is 11.4 Å². The second kappa shape index (κ2) is 11.2. The van der Waals surface area contributed by atoms with E-state index in [1.54, 1.807) is 42.5 Å². The summed E-state index contributed by atoms with van der Waals surface area (Å²) in [5.41, 5.74) is 0.584. The minimum atomic E-state index is -0.839. The summed E-state index contributed by atoms with van der Waals surface area (Å²) in [4.78, 5) is 36.2. The minimum absolute atomic E-state index is 0.112. The highest BCUT2D eigenvalue weighted by Gasteiger charge is 2.27. The number of carbonyl (C=O) groups excluding carboxylic acids is 1. The molecule has 0 radical (unpaired) electrons. The lowest BCUT2D eigenvalue weighted by atomic mass is 10.0. The molecule has 0 aromatic heterocycles. The summed E-state index contributed by atoms with van der Waals surface area (Å²) in [6.07, 6.45) is 1.03. The van der Waals surface area contributed by atoms with Gasteiger partial charge in [-0.25, -0.2) is 4.79 Å². The highest BCUT2D eigenvalue weighted by atomic mass is 35.5. The second-order valence-corrected chi connectivity index (χ2v) is 8.21. The fourth-order valence-electron chi connectivity index (χ4n) is 3.24. The van der Waals surface area contributed by atoms with Gasteiger partial charge in [-0.15, -0.1) is 0 Å². The van der Waals surface area contributed by atoms with Crippen molar-refractivity contribution in [2.45, 2.75) is 32.4 Å².